The molecule has 1 saturated heterocycles. The van der Waals surface area contributed by atoms with Gasteiger partial charge in [-0.05, 0) is 45.0 Å². The molecule has 1 amide bonds. The fourth-order valence-corrected chi connectivity index (χ4v) is 6.45. The molecule has 2 aromatic rings. The van der Waals surface area contributed by atoms with Gasteiger partial charge in [0.25, 0.3) is 5.91 Å². The monoisotopic (exact) mass is 586 g/mol. The van der Waals surface area contributed by atoms with Crippen LogP contribution < -0.4 is 10.1 Å². The van der Waals surface area contributed by atoms with Crippen LogP contribution in [0.4, 0.5) is 4.39 Å². The molecule has 3 rings (SSSR count). The Morgan fingerprint density at radius 1 is 1.08 bits per heavy atom. The molecule has 1 atom stereocenters. The van der Waals surface area contributed by atoms with Gasteiger partial charge in [0, 0.05) is 59.8 Å². The van der Waals surface area contributed by atoms with E-state index in [-0.39, 0.29) is 36.9 Å². The molecule has 0 radical (unpaired) electrons. The molecule has 0 aromatic heterocycles. The van der Waals surface area contributed by atoms with Crippen molar-refractivity contribution in [2.75, 3.05) is 19.3 Å². The van der Waals surface area contributed by atoms with Crippen molar-refractivity contribution in [1.82, 2.24) is 9.62 Å². The molecular formula is C26H32ClFN2O6S2. The van der Waals surface area contributed by atoms with Gasteiger partial charge in [-0.1, -0.05) is 35.9 Å². The lowest BCUT2D eigenvalue weighted by atomic mass is 9.93. The van der Waals surface area contributed by atoms with E-state index in [1.165, 1.54) is 19.1 Å². The molecule has 208 valence electrons. The second-order valence-corrected chi connectivity index (χ2v) is 13.8. The molecule has 1 N–H and O–H groups in total. The van der Waals surface area contributed by atoms with Crippen molar-refractivity contribution in [3.05, 3.63) is 59.0 Å². The maximum absolute atomic E-state index is 15.5. The molecule has 12 heteroatoms. The number of rotatable bonds is 9. The van der Waals surface area contributed by atoms with Gasteiger partial charge in [-0.25, -0.2) is 21.2 Å². The fraction of sp³-hybridized carbons (Fsp3) is 0.423. The smallest absolute Gasteiger partial charge is 0.258 e. The third-order valence-electron chi connectivity index (χ3n) is 6.00. The van der Waals surface area contributed by atoms with Crippen LogP contribution in [-0.4, -0.2) is 64.2 Å². The van der Waals surface area contributed by atoms with Crippen molar-refractivity contribution in [1.29, 1.82) is 0 Å². The Labute approximate surface area is 228 Å². The number of piperidine rings is 1. The van der Waals surface area contributed by atoms with E-state index in [0.29, 0.717) is 21.9 Å². The molecular weight excluding hydrogens is 555 g/mol. The zero-order chi connectivity index (χ0) is 28.3. The Hall–Kier alpha value is -2.47. The van der Waals surface area contributed by atoms with E-state index in [1.807, 2.05) is 13.8 Å². The number of amides is 1. The average molecular weight is 587 g/mol. The van der Waals surface area contributed by atoms with Gasteiger partial charge < -0.3 is 10.1 Å². The molecule has 0 bridgehead atoms. The molecule has 1 aliphatic heterocycles. The average Bonchev–Trinajstić information content (AvgIpc) is 2.82. The van der Waals surface area contributed by atoms with Gasteiger partial charge in [0.05, 0.1) is 11.0 Å². The Bertz CT molecular complexity index is 1420. The molecule has 1 aliphatic rings. The minimum Gasteiger partial charge on any atom is -0.491 e. The highest BCUT2D eigenvalue weighted by Crippen LogP contribution is 2.38. The van der Waals surface area contributed by atoms with Crippen molar-refractivity contribution >= 4 is 37.4 Å². The van der Waals surface area contributed by atoms with Gasteiger partial charge in [-0.3, -0.25) is 4.79 Å². The predicted octanol–water partition coefficient (Wildman–Crippen LogP) is 4.35. The highest BCUT2D eigenvalue weighted by atomic mass is 35.5. The molecule has 1 fully saturated rings. The number of benzene rings is 2. The third kappa shape index (κ3) is 7.34. The van der Waals surface area contributed by atoms with E-state index in [4.69, 9.17) is 16.3 Å². The van der Waals surface area contributed by atoms with E-state index >= 15 is 4.39 Å². The molecule has 0 spiro atoms. The first-order valence-corrected chi connectivity index (χ1v) is 15.8. The number of alkyl halides is 1. The lowest BCUT2D eigenvalue weighted by Gasteiger charge is -2.35. The van der Waals surface area contributed by atoms with E-state index in [1.54, 1.807) is 36.4 Å². The molecule has 2 aromatic carbocycles. The number of ether oxygens (including phenoxy) is 1. The first-order valence-electron chi connectivity index (χ1n) is 12.1. The van der Waals surface area contributed by atoms with Crippen LogP contribution in [0.3, 0.4) is 0 Å². The SMILES string of the molecule is CC(C)Oc1ccc(S(=O)(=O)N2CCC(F)(C(=O)N[C@H](C)/C=C\S(C)(=O)=O)CC2)c(-c2ccccc2Cl)c1. The second kappa shape index (κ2) is 11.7. The summed E-state index contributed by atoms with van der Waals surface area (Å²) in [5.74, 6) is -0.432. The van der Waals surface area contributed by atoms with E-state index < -0.39 is 37.5 Å². The summed E-state index contributed by atoms with van der Waals surface area (Å²) in [6, 6.07) is 10.8. The number of halogens is 2. The first kappa shape index (κ1) is 30.1. The second-order valence-electron chi connectivity index (χ2n) is 9.59. The molecule has 0 saturated carbocycles. The van der Waals surface area contributed by atoms with Crippen LogP contribution in [-0.2, 0) is 24.7 Å². The van der Waals surface area contributed by atoms with Crippen LogP contribution in [0.15, 0.2) is 58.8 Å². The molecule has 38 heavy (non-hydrogen) atoms. The van der Waals surface area contributed by atoms with Crippen LogP contribution in [0.25, 0.3) is 11.1 Å². The first-order chi connectivity index (χ1) is 17.6. The Morgan fingerprint density at radius 3 is 2.29 bits per heavy atom. The van der Waals surface area contributed by atoms with Crippen molar-refractivity contribution in [2.24, 2.45) is 0 Å². The Balaban J connectivity index is 1.84. The van der Waals surface area contributed by atoms with Crippen LogP contribution in [0.2, 0.25) is 5.02 Å². The number of hydrogen-bond acceptors (Lipinski definition) is 6. The highest BCUT2D eigenvalue weighted by Gasteiger charge is 2.45. The van der Waals surface area contributed by atoms with E-state index in [0.717, 1.165) is 16.0 Å². The summed E-state index contributed by atoms with van der Waals surface area (Å²) in [4.78, 5) is 12.6. The van der Waals surface area contributed by atoms with Crippen molar-refractivity contribution in [3.8, 4) is 16.9 Å². The number of sulfonamides is 1. The van der Waals surface area contributed by atoms with Gasteiger partial charge in [0.2, 0.25) is 10.0 Å². The fourth-order valence-electron chi connectivity index (χ4n) is 4.06. The summed E-state index contributed by atoms with van der Waals surface area (Å²) in [7, 11) is -7.48. The number of hydrogen-bond donors (Lipinski definition) is 1. The zero-order valence-electron chi connectivity index (χ0n) is 21.6. The van der Waals surface area contributed by atoms with Crippen LogP contribution in [0.5, 0.6) is 5.75 Å². The summed E-state index contributed by atoms with van der Waals surface area (Å²) in [5, 5.41) is 3.75. The predicted molar refractivity (Wildman–Crippen MR) is 146 cm³/mol. The summed E-state index contributed by atoms with van der Waals surface area (Å²) in [5.41, 5.74) is -1.43. The third-order valence-corrected chi connectivity index (χ3v) is 8.94. The minimum atomic E-state index is -4.08. The van der Waals surface area contributed by atoms with Crippen LogP contribution in [0.1, 0.15) is 33.6 Å². The molecule has 8 nitrogen and oxygen atoms in total. The Kier molecular flexibility index (Phi) is 9.28. The Morgan fingerprint density at radius 2 is 1.71 bits per heavy atom. The minimum absolute atomic E-state index is 0.00273. The normalized spacial score (nSPS) is 17.4. The maximum atomic E-state index is 15.5. The van der Waals surface area contributed by atoms with E-state index in [9.17, 15) is 21.6 Å². The quantitative estimate of drug-likeness (QED) is 0.468. The van der Waals surface area contributed by atoms with Gasteiger partial charge in [0.15, 0.2) is 15.5 Å². The summed E-state index contributed by atoms with van der Waals surface area (Å²) in [6.07, 6.45) is 1.42. The van der Waals surface area contributed by atoms with Gasteiger partial charge in [0.1, 0.15) is 5.75 Å². The van der Waals surface area contributed by atoms with Crippen LogP contribution >= 0.6 is 11.6 Å². The molecule has 0 aliphatic carbocycles. The van der Waals surface area contributed by atoms with Crippen molar-refractivity contribution < 1.29 is 30.8 Å². The lowest BCUT2D eigenvalue weighted by Crippen LogP contribution is -2.53. The summed E-state index contributed by atoms with van der Waals surface area (Å²) >= 11 is 6.40. The number of nitrogens with one attached hydrogen (secondary N) is 1. The van der Waals surface area contributed by atoms with Gasteiger partial charge >= 0.3 is 0 Å². The van der Waals surface area contributed by atoms with Gasteiger partial charge in [-0.15, -0.1) is 0 Å². The van der Waals surface area contributed by atoms with Crippen molar-refractivity contribution in [2.45, 2.75) is 56.3 Å². The largest absolute Gasteiger partial charge is 0.491 e. The highest BCUT2D eigenvalue weighted by molar-refractivity contribution is 7.93. The van der Waals surface area contributed by atoms with Crippen LogP contribution in [0, 0.1) is 0 Å². The number of carbonyl (C=O) groups excluding carboxylic acids is 1. The van der Waals surface area contributed by atoms with E-state index in [2.05, 4.69) is 5.32 Å². The summed E-state index contributed by atoms with van der Waals surface area (Å²) < 4.78 is 72.4. The number of nitrogens with zero attached hydrogens (tertiary/aromatic N) is 1. The molecule has 0 unspecified atom stereocenters. The zero-order valence-corrected chi connectivity index (χ0v) is 24.0. The maximum Gasteiger partial charge on any atom is 0.258 e. The number of sulfone groups is 1. The lowest BCUT2D eigenvalue weighted by molar-refractivity contribution is -0.135. The molecule has 1 heterocycles. The van der Waals surface area contributed by atoms with Gasteiger partial charge in [-0.2, -0.15) is 4.31 Å². The standard InChI is InChI=1S/C26H32ClFN2O6S2/c1-18(2)36-20-9-10-24(22(17-20)21-7-5-6-8-23(21)27)38(34,35)30-14-12-26(28,13-15-30)25(31)29-19(3)11-16-37(4,32)33/h5-11,16-19H,12-15H2,1-4H3,(H,29,31)/b16-11-/t19-/m1/s1. The summed E-state index contributed by atoms with van der Waals surface area (Å²) in [6.45, 7) is 4.80. The topological polar surface area (TPSA) is 110 Å². The van der Waals surface area contributed by atoms with Crippen molar-refractivity contribution in [3.63, 3.8) is 0 Å². The number of carbonyl (C=O) groups is 1.